The van der Waals surface area contributed by atoms with Crippen LogP contribution < -0.4 is 11.1 Å². The van der Waals surface area contributed by atoms with Crippen LogP contribution in [0.4, 0.5) is 4.79 Å². The molecule has 0 aliphatic heterocycles. The Labute approximate surface area is 134 Å². The summed E-state index contributed by atoms with van der Waals surface area (Å²) in [6.07, 6.45) is 4.90. The zero-order valence-electron chi connectivity index (χ0n) is 14.2. The van der Waals surface area contributed by atoms with Crippen LogP contribution in [0.1, 0.15) is 52.4 Å². The molecule has 1 unspecified atom stereocenters. The standard InChI is InChI=1S/C16H34N2O4/c1-14(2)8-7-11-21-12-15(19)13-22-16(20)18-10-6-4-3-5-9-17/h14-15,19H,3-13,17H2,1-2H3,(H,18,20). The van der Waals surface area contributed by atoms with E-state index >= 15 is 0 Å². The van der Waals surface area contributed by atoms with Gasteiger partial charge in [-0.25, -0.2) is 4.79 Å². The Morgan fingerprint density at radius 3 is 2.55 bits per heavy atom. The molecule has 0 aliphatic carbocycles. The van der Waals surface area contributed by atoms with Crippen LogP contribution in [0.25, 0.3) is 0 Å². The summed E-state index contributed by atoms with van der Waals surface area (Å²) in [7, 11) is 0. The summed E-state index contributed by atoms with van der Waals surface area (Å²) in [6.45, 7) is 6.43. The van der Waals surface area contributed by atoms with Gasteiger partial charge in [0, 0.05) is 13.2 Å². The van der Waals surface area contributed by atoms with E-state index in [0.717, 1.165) is 38.5 Å². The van der Waals surface area contributed by atoms with E-state index in [2.05, 4.69) is 19.2 Å². The number of alkyl carbamates (subject to hydrolysis) is 1. The highest BCUT2D eigenvalue weighted by molar-refractivity contribution is 5.67. The number of amides is 1. The molecule has 4 N–H and O–H groups in total. The summed E-state index contributed by atoms with van der Waals surface area (Å²) in [5, 5.41) is 12.3. The first-order chi connectivity index (χ1) is 10.6. The summed E-state index contributed by atoms with van der Waals surface area (Å²) < 4.78 is 10.3. The number of hydrogen-bond donors (Lipinski definition) is 3. The number of rotatable bonds is 14. The van der Waals surface area contributed by atoms with Crippen molar-refractivity contribution in [1.29, 1.82) is 0 Å². The maximum atomic E-state index is 11.4. The van der Waals surface area contributed by atoms with Gasteiger partial charge in [-0.2, -0.15) is 0 Å². The predicted octanol–water partition coefficient (Wildman–Crippen LogP) is 2.05. The quantitative estimate of drug-likeness (QED) is 0.426. The number of nitrogens with two attached hydrogens (primary N) is 1. The highest BCUT2D eigenvalue weighted by atomic mass is 16.6. The van der Waals surface area contributed by atoms with E-state index in [1.807, 2.05) is 0 Å². The van der Waals surface area contributed by atoms with Crippen LogP contribution in [0, 0.1) is 5.92 Å². The fourth-order valence-electron chi connectivity index (χ4n) is 1.90. The van der Waals surface area contributed by atoms with Crippen LogP contribution in [-0.2, 0) is 9.47 Å². The first-order valence-electron chi connectivity index (χ1n) is 8.42. The van der Waals surface area contributed by atoms with Gasteiger partial charge in [-0.1, -0.05) is 26.7 Å². The van der Waals surface area contributed by atoms with Gasteiger partial charge in [0.05, 0.1) is 6.61 Å². The number of unbranched alkanes of at least 4 members (excludes halogenated alkanes) is 3. The van der Waals surface area contributed by atoms with Crippen molar-refractivity contribution in [2.24, 2.45) is 11.7 Å². The molecule has 0 saturated carbocycles. The molecule has 0 bridgehead atoms. The van der Waals surface area contributed by atoms with Crippen LogP contribution in [0.3, 0.4) is 0 Å². The highest BCUT2D eigenvalue weighted by Crippen LogP contribution is 2.03. The molecule has 1 amide bonds. The Morgan fingerprint density at radius 2 is 1.86 bits per heavy atom. The number of nitrogens with one attached hydrogen (secondary N) is 1. The summed E-state index contributed by atoms with van der Waals surface area (Å²) in [4.78, 5) is 11.4. The SMILES string of the molecule is CC(C)CCCOCC(O)COC(=O)NCCCCCCN. The largest absolute Gasteiger partial charge is 0.447 e. The third kappa shape index (κ3) is 15.5. The zero-order chi connectivity index (χ0) is 16.6. The molecule has 0 spiro atoms. The molecule has 6 heteroatoms. The lowest BCUT2D eigenvalue weighted by Gasteiger charge is -2.13. The molecule has 0 saturated heterocycles. The molecule has 0 rings (SSSR count). The normalized spacial score (nSPS) is 12.4. The smallest absolute Gasteiger partial charge is 0.407 e. The monoisotopic (exact) mass is 318 g/mol. The minimum Gasteiger partial charge on any atom is -0.447 e. The van der Waals surface area contributed by atoms with Crippen molar-refractivity contribution in [3.8, 4) is 0 Å². The van der Waals surface area contributed by atoms with Crippen molar-refractivity contribution in [2.45, 2.75) is 58.5 Å². The Kier molecular flexibility index (Phi) is 14.5. The second-order valence-corrected chi connectivity index (χ2v) is 5.99. The Hall–Kier alpha value is -0.850. The van der Waals surface area contributed by atoms with Crippen LogP contribution in [-0.4, -0.2) is 50.2 Å². The van der Waals surface area contributed by atoms with Gasteiger partial charge in [-0.3, -0.25) is 0 Å². The molecule has 0 aromatic rings. The number of carbonyl (C=O) groups is 1. The molecule has 0 heterocycles. The Morgan fingerprint density at radius 1 is 1.14 bits per heavy atom. The van der Waals surface area contributed by atoms with Crippen molar-refractivity contribution >= 4 is 6.09 Å². The topological polar surface area (TPSA) is 93.8 Å². The number of hydrogen-bond acceptors (Lipinski definition) is 5. The summed E-state index contributed by atoms with van der Waals surface area (Å²) >= 11 is 0. The van der Waals surface area contributed by atoms with Gasteiger partial charge in [-0.05, 0) is 38.1 Å². The maximum Gasteiger partial charge on any atom is 0.407 e. The van der Waals surface area contributed by atoms with Crippen LogP contribution in [0.5, 0.6) is 0 Å². The molecule has 0 fully saturated rings. The first kappa shape index (κ1) is 21.1. The first-order valence-corrected chi connectivity index (χ1v) is 8.42. The Balaban J connectivity index is 3.37. The van der Waals surface area contributed by atoms with Crippen molar-refractivity contribution in [3.63, 3.8) is 0 Å². The van der Waals surface area contributed by atoms with Gasteiger partial charge in [-0.15, -0.1) is 0 Å². The number of aliphatic hydroxyl groups is 1. The van der Waals surface area contributed by atoms with Crippen molar-refractivity contribution in [2.75, 3.05) is 32.9 Å². The van der Waals surface area contributed by atoms with E-state index in [0.29, 0.717) is 25.6 Å². The lowest BCUT2D eigenvalue weighted by atomic mass is 10.1. The van der Waals surface area contributed by atoms with Gasteiger partial charge >= 0.3 is 6.09 Å². The Bertz CT molecular complexity index is 263. The van der Waals surface area contributed by atoms with Crippen LogP contribution >= 0.6 is 0 Å². The van der Waals surface area contributed by atoms with Gasteiger partial charge in [0.25, 0.3) is 0 Å². The van der Waals surface area contributed by atoms with E-state index in [9.17, 15) is 9.90 Å². The predicted molar refractivity (Wildman–Crippen MR) is 87.8 cm³/mol. The van der Waals surface area contributed by atoms with Crippen molar-refractivity contribution in [3.05, 3.63) is 0 Å². The molecule has 22 heavy (non-hydrogen) atoms. The summed E-state index contributed by atoms with van der Waals surface area (Å²) in [5.74, 6) is 0.663. The fourth-order valence-corrected chi connectivity index (χ4v) is 1.90. The number of carbonyl (C=O) groups excluding carboxylic acids is 1. The van der Waals surface area contributed by atoms with Gasteiger partial charge in [0.1, 0.15) is 12.7 Å². The molecule has 0 aromatic heterocycles. The highest BCUT2D eigenvalue weighted by Gasteiger charge is 2.08. The number of ether oxygens (including phenoxy) is 2. The van der Waals surface area contributed by atoms with Gasteiger partial charge < -0.3 is 25.6 Å². The lowest BCUT2D eigenvalue weighted by Crippen LogP contribution is -2.30. The zero-order valence-corrected chi connectivity index (χ0v) is 14.2. The third-order valence-corrected chi connectivity index (χ3v) is 3.19. The summed E-state index contributed by atoms with van der Waals surface area (Å²) in [6, 6.07) is 0. The molecule has 132 valence electrons. The second kappa shape index (κ2) is 15.1. The minimum absolute atomic E-state index is 0.0385. The minimum atomic E-state index is -0.769. The van der Waals surface area contributed by atoms with Gasteiger partial charge in [0.15, 0.2) is 0 Å². The lowest BCUT2D eigenvalue weighted by molar-refractivity contribution is -0.00118. The van der Waals surface area contributed by atoms with Gasteiger partial charge in [0.2, 0.25) is 0 Å². The molecule has 0 radical (unpaired) electrons. The third-order valence-electron chi connectivity index (χ3n) is 3.19. The van der Waals surface area contributed by atoms with Crippen LogP contribution in [0.2, 0.25) is 0 Å². The molecule has 1 atom stereocenters. The molecular formula is C16H34N2O4. The fraction of sp³-hybridized carbons (Fsp3) is 0.938. The van der Waals surface area contributed by atoms with E-state index in [1.165, 1.54) is 0 Å². The molecular weight excluding hydrogens is 284 g/mol. The van der Waals surface area contributed by atoms with E-state index in [4.69, 9.17) is 15.2 Å². The van der Waals surface area contributed by atoms with Crippen molar-refractivity contribution in [1.82, 2.24) is 5.32 Å². The summed E-state index contributed by atoms with van der Waals surface area (Å²) in [5.41, 5.74) is 5.40. The maximum absolute atomic E-state index is 11.4. The molecule has 6 nitrogen and oxygen atoms in total. The molecule has 0 aliphatic rings. The van der Waals surface area contributed by atoms with E-state index in [1.54, 1.807) is 0 Å². The average molecular weight is 318 g/mol. The molecule has 0 aromatic carbocycles. The average Bonchev–Trinajstić information content (AvgIpc) is 2.48. The van der Waals surface area contributed by atoms with E-state index < -0.39 is 12.2 Å². The van der Waals surface area contributed by atoms with E-state index in [-0.39, 0.29) is 13.2 Å². The van der Waals surface area contributed by atoms with Crippen molar-refractivity contribution < 1.29 is 19.4 Å². The number of aliphatic hydroxyl groups excluding tert-OH is 1. The second-order valence-electron chi connectivity index (χ2n) is 5.99. The van der Waals surface area contributed by atoms with Crippen LogP contribution in [0.15, 0.2) is 0 Å².